The zero-order valence-electron chi connectivity index (χ0n) is 9.15. The molecule has 0 aliphatic carbocycles. The first kappa shape index (κ1) is 11.0. The van der Waals surface area contributed by atoms with Crippen LogP contribution in [0.1, 0.15) is 18.4 Å². The van der Waals surface area contributed by atoms with Gasteiger partial charge in [-0.05, 0) is 18.1 Å². The molecule has 1 aromatic carbocycles. The second kappa shape index (κ2) is 5.02. The van der Waals surface area contributed by atoms with Gasteiger partial charge >= 0.3 is 0 Å². The molecule has 16 heavy (non-hydrogen) atoms. The van der Waals surface area contributed by atoms with Crippen LogP contribution in [-0.4, -0.2) is 12.1 Å². The molecular formula is C13H16N2O. The van der Waals surface area contributed by atoms with Gasteiger partial charge in [-0.15, -0.1) is 12.3 Å². The van der Waals surface area contributed by atoms with E-state index in [4.69, 9.17) is 17.0 Å². The summed E-state index contributed by atoms with van der Waals surface area (Å²) in [7, 11) is 0. The first-order chi connectivity index (χ1) is 7.85. The fraction of sp³-hybridized carbons (Fsp3) is 0.385. The minimum atomic E-state index is 0.0933. The molecule has 0 amide bonds. The van der Waals surface area contributed by atoms with Gasteiger partial charge in [-0.25, -0.2) is 0 Å². The highest BCUT2D eigenvalue weighted by atomic mass is 16.5. The van der Waals surface area contributed by atoms with Gasteiger partial charge in [0.2, 0.25) is 0 Å². The summed E-state index contributed by atoms with van der Waals surface area (Å²) in [6.45, 7) is 0. The molecule has 3 N–H and O–H groups in total. The number of fused-ring (bicyclic) bond motifs is 1. The van der Waals surface area contributed by atoms with E-state index in [0.29, 0.717) is 6.42 Å². The lowest BCUT2D eigenvalue weighted by molar-refractivity contribution is 0.173. The SMILES string of the molecule is C#CCCC(NN)C1Cc2ccccc2O1. The molecule has 0 spiro atoms. The standard InChI is InChI=1S/C13H16N2O/c1-2-3-7-11(15-14)13-9-10-6-4-5-8-12(10)16-13/h1,4-6,8,11,13,15H,3,7,9,14H2. The topological polar surface area (TPSA) is 47.3 Å². The Kier molecular flexibility index (Phi) is 3.45. The van der Waals surface area contributed by atoms with E-state index in [1.807, 2.05) is 18.2 Å². The molecule has 0 aromatic heterocycles. The Labute approximate surface area is 96.0 Å². The van der Waals surface area contributed by atoms with Gasteiger partial charge in [-0.1, -0.05) is 18.2 Å². The van der Waals surface area contributed by atoms with Crippen LogP contribution in [0.5, 0.6) is 5.75 Å². The van der Waals surface area contributed by atoms with Crippen LogP contribution >= 0.6 is 0 Å². The number of rotatable bonds is 4. The van der Waals surface area contributed by atoms with Crippen molar-refractivity contribution in [3.8, 4) is 18.1 Å². The summed E-state index contributed by atoms with van der Waals surface area (Å²) in [4.78, 5) is 0. The van der Waals surface area contributed by atoms with E-state index < -0.39 is 0 Å². The van der Waals surface area contributed by atoms with Crippen molar-refractivity contribution in [2.45, 2.75) is 31.4 Å². The van der Waals surface area contributed by atoms with Crippen LogP contribution in [0.3, 0.4) is 0 Å². The first-order valence-electron chi connectivity index (χ1n) is 5.49. The number of nitrogens with two attached hydrogens (primary N) is 1. The van der Waals surface area contributed by atoms with Crippen molar-refractivity contribution in [1.29, 1.82) is 0 Å². The van der Waals surface area contributed by atoms with Crippen molar-refractivity contribution >= 4 is 0 Å². The minimum Gasteiger partial charge on any atom is -0.488 e. The fourth-order valence-corrected chi connectivity index (χ4v) is 2.05. The number of ether oxygens (including phenoxy) is 1. The van der Waals surface area contributed by atoms with E-state index >= 15 is 0 Å². The molecule has 2 atom stereocenters. The number of hydrogen-bond donors (Lipinski definition) is 2. The van der Waals surface area contributed by atoms with Gasteiger partial charge in [0, 0.05) is 12.8 Å². The van der Waals surface area contributed by atoms with Gasteiger partial charge in [0.1, 0.15) is 11.9 Å². The Morgan fingerprint density at radius 1 is 1.56 bits per heavy atom. The van der Waals surface area contributed by atoms with Crippen molar-refractivity contribution in [3.63, 3.8) is 0 Å². The van der Waals surface area contributed by atoms with E-state index in [9.17, 15) is 0 Å². The Balaban J connectivity index is 2.01. The highest BCUT2D eigenvalue weighted by Crippen LogP contribution is 2.30. The average molecular weight is 216 g/mol. The zero-order valence-corrected chi connectivity index (χ0v) is 9.15. The first-order valence-corrected chi connectivity index (χ1v) is 5.49. The number of hydrogen-bond acceptors (Lipinski definition) is 3. The highest BCUT2D eigenvalue weighted by Gasteiger charge is 2.28. The van der Waals surface area contributed by atoms with Gasteiger partial charge in [-0.3, -0.25) is 11.3 Å². The average Bonchev–Trinajstić information content (AvgIpc) is 2.73. The second-order valence-corrected chi connectivity index (χ2v) is 3.98. The number of nitrogens with one attached hydrogen (secondary N) is 1. The maximum atomic E-state index is 5.85. The number of terminal acetylenes is 1. The van der Waals surface area contributed by atoms with Crippen molar-refractivity contribution in [2.24, 2.45) is 5.84 Å². The number of hydrazine groups is 1. The highest BCUT2D eigenvalue weighted by molar-refractivity contribution is 5.37. The summed E-state index contributed by atoms with van der Waals surface area (Å²) in [5.41, 5.74) is 4.04. The predicted molar refractivity (Wildman–Crippen MR) is 63.7 cm³/mol. The molecule has 2 rings (SSSR count). The summed E-state index contributed by atoms with van der Waals surface area (Å²) < 4.78 is 5.85. The van der Waals surface area contributed by atoms with Gasteiger partial charge in [0.05, 0.1) is 6.04 Å². The molecule has 3 nitrogen and oxygen atoms in total. The molecule has 0 saturated heterocycles. The molecule has 0 radical (unpaired) electrons. The monoisotopic (exact) mass is 216 g/mol. The molecule has 1 aromatic rings. The van der Waals surface area contributed by atoms with Crippen molar-refractivity contribution < 1.29 is 4.74 Å². The van der Waals surface area contributed by atoms with Crippen molar-refractivity contribution in [1.82, 2.24) is 5.43 Å². The normalized spacial score (nSPS) is 19.6. The lowest BCUT2D eigenvalue weighted by Gasteiger charge is -2.21. The number of para-hydroxylation sites is 1. The van der Waals surface area contributed by atoms with Crippen LogP contribution in [0, 0.1) is 12.3 Å². The van der Waals surface area contributed by atoms with E-state index in [2.05, 4.69) is 17.4 Å². The molecule has 1 heterocycles. The zero-order chi connectivity index (χ0) is 11.4. The second-order valence-electron chi connectivity index (χ2n) is 3.98. The van der Waals surface area contributed by atoms with Crippen LogP contribution < -0.4 is 16.0 Å². The van der Waals surface area contributed by atoms with Gasteiger partial charge in [0.25, 0.3) is 0 Å². The van der Waals surface area contributed by atoms with Gasteiger partial charge in [-0.2, -0.15) is 0 Å². The van der Waals surface area contributed by atoms with Crippen LogP contribution in [0.4, 0.5) is 0 Å². The Morgan fingerprint density at radius 3 is 3.06 bits per heavy atom. The molecule has 0 saturated carbocycles. The largest absolute Gasteiger partial charge is 0.488 e. The molecule has 3 heteroatoms. The van der Waals surface area contributed by atoms with E-state index in [1.165, 1.54) is 5.56 Å². The minimum absolute atomic E-state index is 0.0933. The van der Waals surface area contributed by atoms with E-state index in [0.717, 1.165) is 18.6 Å². The smallest absolute Gasteiger partial charge is 0.123 e. The summed E-state index contributed by atoms with van der Waals surface area (Å²) in [6, 6.07) is 8.20. The van der Waals surface area contributed by atoms with Crippen LogP contribution in [-0.2, 0) is 6.42 Å². The van der Waals surface area contributed by atoms with Crippen LogP contribution in [0.15, 0.2) is 24.3 Å². The Hall–Kier alpha value is -1.50. The summed E-state index contributed by atoms with van der Waals surface area (Å²) >= 11 is 0. The summed E-state index contributed by atoms with van der Waals surface area (Å²) in [5, 5.41) is 0. The summed E-state index contributed by atoms with van der Waals surface area (Å²) in [5.74, 6) is 9.12. The van der Waals surface area contributed by atoms with Crippen molar-refractivity contribution in [2.75, 3.05) is 0 Å². The van der Waals surface area contributed by atoms with Crippen molar-refractivity contribution in [3.05, 3.63) is 29.8 Å². The van der Waals surface area contributed by atoms with Crippen LogP contribution in [0.25, 0.3) is 0 Å². The maximum Gasteiger partial charge on any atom is 0.123 e. The Bertz CT molecular complexity index is 372. The molecule has 2 unspecified atom stereocenters. The quantitative estimate of drug-likeness (QED) is 0.452. The van der Waals surface area contributed by atoms with E-state index in [1.54, 1.807) is 0 Å². The maximum absolute atomic E-state index is 5.85. The fourth-order valence-electron chi connectivity index (χ4n) is 2.05. The lowest BCUT2D eigenvalue weighted by atomic mass is 10.0. The third-order valence-electron chi connectivity index (χ3n) is 2.93. The third kappa shape index (κ3) is 2.19. The predicted octanol–water partition coefficient (Wildman–Crippen LogP) is 1.24. The molecule has 84 valence electrons. The Morgan fingerprint density at radius 2 is 2.38 bits per heavy atom. The number of benzene rings is 1. The van der Waals surface area contributed by atoms with E-state index in [-0.39, 0.29) is 12.1 Å². The van der Waals surface area contributed by atoms with Crippen LogP contribution in [0.2, 0.25) is 0 Å². The molecule has 1 aliphatic rings. The third-order valence-corrected chi connectivity index (χ3v) is 2.93. The summed E-state index contributed by atoms with van der Waals surface area (Å²) in [6.07, 6.45) is 7.80. The van der Waals surface area contributed by atoms with Gasteiger partial charge in [0.15, 0.2) is 0 Å². The molecule has 0 bridgehead atoms. The molecular weight excluding hydrogens is 200 g/mol. The van der Waals surface area contributed by atoms with Gasteiger partial charge < -0.3 is 4.74 Å². The lowest BCUT2D eigenvalue weighted by Crippen LogP contribution is -2.46. The molecule has 0 fully saturated rings. The molecule has 1 aliphatic heterocycles.